The van der Waals surface area contributed by atoms with Crippen LogP contribution in [0.1, 0.15) is 61.5 Å². The largest absolute Gasteiger partial charge is 0.361 e. The third kappa shape index (κ3) is 3.07. The van der Waals surface area contributed by atoms with E-state index in [1.54, 1.807) is 0 Å². The number of carbonyl (C=O) groups is 1. The quantitative estimate of drug-likeness (QED) is 0.837. The van der Waals surface area contributed by atoms with Gasteiger partial charge in [0, 0.05) is 24.4 Å². The average molecular weight is 332 g/mol. The van der Waals surface area contributed by atoms with E-state index in [-0.39, 0.29) is 17.9 Å². The molecule has 1 aliphatic rings. The van der Waals surface area contributed by atoms with Crippen molar-refractivity contribution in [3.63, 3.8) is 0 Å². The number of aromatic nitrogens is 3. The van der Waals surface area contributed by atoms with Crippen LogP contribution in [-0.2, 0) is 17.6 Å². The lowest BCUT2D eigenvalue weighted by Gasteiger charge is -2.25. The maximum absolute atomic E-state index is 12.9. The van der Waals surface area contributed by atoms with Crippen LogP contribution in [0.4, 0.5) is 0 Å². The van der Waals surface area contributed by atoms with Gasteiger partial charge in [0.2, 0.25) is 11.8 Å². The third-order valence-corrected chi connectivity index (χ3v) is 4.73. The van der Waals surface area contributed by atoms with E-state index in [0.717, 1.165) is 36.4 Å². The minimum Gasteiger partial charge on any atom is -0.361 e. The maximum Gasteiger partial charge on any atom is 0.226 e. The van der Waals surface area contributed by atoms with Gasteiger partial charge in [-0.2, -0.15) is 4.98 Å². The molecule has 2 aromatic heterocycles. The Morgan fingerprint density at radius 2 is 2.12 bits per heavy atom. The minimum atomic E-state index is -0.139. The highest BCUT2D eigenvalue weighted by Crippen LogP contribution is 2.32. The fourth-order valence-corrected chi connectivity index (χ4v) is 3.32. The summed E-state index contributed by atoms with van der Waals surface area (Å²) in [6.45, 7) is 8.47. The summed E-state index contributed by atoms with van der Waals surface area (Å²) >= 11 is 0. The molecule has 7 nitrogen and oxygen atoms in total. The standard InChI is InChI=1S/C17H24N4O3/c1-5-15-18-16(20-24-15)14-7-6-8-21(14)17(22)10(2)9-13-11(3)19-23-12(13)4/h10,14H,5-9H2,1-4H3/t10-,14-/m0/s1. The molecule has 0 N–H and O–H groups in total. The van der Waals surface area contributed by atoms with Crippen molar-refractivity contribution in [3.8, 4) is 0 Å². The summed E-state index contributed by atoms with van der Waals surface area (Å²) in [5, 5.41) is 8.03. The fourth-order valence-electron chi connectivity index (χ4n) is 3.32. The Kier molecular flexibility index (Phi) is 4.69. The molecule has 130 valence electrons. The molecule has 1 amide bonds. The Hall–Kier alpha value is -2.18. The van der Waals surface area contributed by atoms with E-state index in [1.807, 2.05) is 32.6 Å². The number of aryl methyl sites for hydroxylation is 3. The van der Waals surface area contributed by atoms with E-state index in [9.17, 15) is 4.79 Å². The van der Waals surface area contributed by atoms with Crippen molar-refractivity contribution in [2.24, 2.45) is 5.92 Å². The Morgan fingerprint density at radius 3 is 2.75 bits per heavy atom. The molecule has 0 aliphatic carbocycles. The van der Waals surface area contributed by atoms with Crippen LogP contribution in [0.2, 0.25) is 0 Å². The number of amides is 1. The predicted octanol–water partition coefficient (Wildman–Crippen LogP) is 2.78. The highest BCUT2D eigenvalue weighted by atomic mass is 16.5. The second-order valence-corrected chi connectivity index (χ2v) is 6.50. The summed E-state index contributed by atoms with van der Waals surface area (Å²) in [6.07, 6.45) is 3.18. The number of carbonyl (C=O) groups excluding carboxylic acids is 1. The second-order valence-electron chi connectivity index (χ2n) is 6.50. The molecule has 0 radical (unpaired) electrons. The van der Waals surface area contributed by atoms with Crippen molar-refractivity contribution in [2.75, 3.05) is 6.54 Å². The van der Waals surface area contributed by atoms with Gasteiger partial charge in [0.05, 0.1) is 11.7 Å². The van der Waals surface area contributed by atoms with Crippen LogP contribution in [0.5, 0.6) is 0 Å². The number of likely N-dealkylation sites (tertiary alicyclic amines) is 1. The fraction of sp³-hybridized carbons (Fsp3) is 0.647. The number of hydrogen-bond acceptors (Lipinski definition) is 6. The van der Waals surface area contributed by atoms with Crippen molar-refractivity contribution in [1.82, 2.24) is 20.2 Å². The van der Waals surface area contributed by atoms with Gasteiger partial charge in [0.15, 0.2) is 5.82 Å². The number of hydrogen-bond donors (Lipinski definition) is 0. The van der Waals surface area contributed by atoms with Crippen molar-refractivity contribution in [2.45, 2.75) is 59.4 Å². The molecule has 1 fully saturated rings. The highest BCUT2D eigenvalue weighted by Gasteiger charge is 2.35. The van der Waals surface area contributed by atoms with Gasteiger partial charge < -0.3 is 13.9 Å². The molecule has 1 saturated heterocycles. The monoisotopic (exact) mass is 332 g/mol. The lowest BCUT2D eigenvalue weighted by atomic mass is 9.98. The van der Waals surface area contributed by atoms with Crippen LogP contribution in [0.3, 0.4) is 0 Å². The lowest BCUT2D eigenvalue weighted by Crippen LogP contribution is -2.36. The summed E-state index contributed by atoms with van der Waals surface area (Å²) in [5.41, 5.74) is 1.88. The smallest absolute Gasteiger partial charge is 0.226 e. The van der Waals surface area contributed by atoms with Gasteiger partial charge in [-0.25, -0.2) is 0 Å². The van der Waals surface area contributed by atoms with E-state index in [1.165, 1.54) is 0 Å². The van der Waals surface area contributed by atoms with Gasteiger partial charge in [0.25, 0.3) is 0 Å². The molecule has 0 spiro atoms. The summed E-state index contributed by atoms with van der Waals surface area (Å²) in [5.74, 6) is 2.02. The summed E-state index contributed by atoms with van der Waals surface area (Å²) in [4.78, 5) is 19.2. The molecule has 3 heterocycles. The summed E-state index contributed by atoms with van der Waals surface area (Å²) < 4.78 is 10.4. The van der Waals surface area contributed by atoms with Crippen molar-refractivity contribution >= 4 is 5.91 Å². The Bertz CT molecular complexity index is 702. The van der Waals surface area contributed by atoms with Crippen molar-refractivity contribution < 1.29 is 13.8 Å². The molecular weight excluding hydrogens is 308 g/mol. The molecule has 0 aromatic carbocycles. The average Bonchev–Trinajstić information content (AvgIpc) is 3.29. The van der Waals surface area contributed by atoms with Crippen LogP contribution in [-0.4, -0.2) is 32.6 Å². The van der Waals surface area contributed by atoms with Crippen molar-refractivity contribution in [3.05, 3.63) is 28.7 Å². The van der Waals surface area contributed by atoms with E-state index >= 15 is 0 Å². The van der Waals surface area contributed by atoms with E-state index in [0.29, 0.717) is 24.6 Å². The number of rotatable bonds is 5. The first-order chi connectivity index (χ1) is 11.5. The zero-order valence-corrected chi connectivity index (χ0v) is 14.7. The minimum absolute atomic E-state index is 0.0753. The Balaban J connectivity index is 1.73. The first-order valence-corrected chi connectivity index (χ1v) is 8.56. The second kappa shape index (κ2) is 6.75. The van der Waals surface area contributed by atoms with Gasteiger partial charge in [-0.1, -0.05) is 24.2 Å². The number of nitrogens with zero attached hydrogens (tertiary/aromatic N) is 4. The van der Waals surface area contributed by atoms with Crippen molar-refractivity contribution in [1.29, 1.82) is 0 Å². The molecule has 2 atom stereocenters. The highest BCUT2D eigenvalue weighted by molar-refractivity contribution is 5.79. The molecule has 7 heteroatoms. The Morgan fingerprint density at radius 1 is 1.33 bits per heavy atom. The van der Waals surface area contributed by atoms with Gasteiger partial charge >= 0.3 is 0 Å². The lowest BCUT2D eigenvalue weighted by molar-refractivity contribution is -0.136. The molecule has 0 unspecified atom stereocenters. The molecule has 3 rings (SSSR count). The molecular formula is C17H24N4O3. The van der Waals surface area contributed by atoms with E-state index < -0.39 is 0 Å². The Labute approximate surface area is 141 Å². The SMILES string of the molecule is CCc1nc([C@@H]2CCCN2C(=O)[C@@H](C)Cc2c(C)noc2C)no1. The van der Waals surface area contributed by atoms with Gasteiger partial charge in [-0.15, -0.1) is 0 Å². The first kappa shape index (κ1) is 16.7. The van der Waals surface area contributed by atoms with Crippen LogP contribution >= 0.6 is 0 Å². The maximum atomic E-state index is 12.9. The molecule has 0 saturated carbocycles. The first-order valence-electron chi connectivity index (χ1n) is 8.56. The topological polar surface area (TPSA) is 85.3 Å². The van der Waals surface area contributed by atoms with Crippen LogP contribution in [0.25, 0.3) is 0 Å². The molecule has 0 bridgehead atoms. The van der Waals surface area contributed by atoms with Gasteiger partial charge in [-0.3, -0.25) is 4.79 Å². The van der Waals surface area contributed by atoms with Gasteiger partial charge in [-0.05, 0) is 33.1 Å². The van der Waals surface area contributed by atoms with Gasteiger partial charge in [0.1, 0.15) is 5.76 Å². The molecule has 2 aromatic rings. The van der Waals surface area contributed by atoms with E-state index in [2.05, 4.69) is 15.3 Å². The van der Waals surface area contributed by atoms with E-state index in [4.69, 9.17) is 9.05 Å². The zero-order valence-electron chi connectivity index (χ0n) is 14.7. The van der Waals surface area contributed by atoms with Crippen LogP contribution in [0.15, 0.2) is 9.05 Å². The summed E-state index contributed by atoms with van der Waals surface area (Å²) in [7, 11) is 0. The molecule has 1 aliphatic heterocycles. The van der Waals surface area contributed by atoms with Crippen LogP contribution < -0.4 is 0 Å². The zero-order chi connectivity index (χ0) is 17.3. The third-order valence-electron chi connectivity index (χ3n) is 4.73. The predicted molar refractivity (Wildman–Crippen MR) is 86.2 cm³/mol. The molecule has 24 heavy (non-hydrogen) atoms. The normalized spacial score (nSPS) is 19.0. The summed E-state index contributed by atoms with van der Waals surface area (Å²) in [6, 6.07) is -0.0753. The van der Waals surface area contributed by atoms with Crippen LogP contribution in [0, 0.1) is 19.8 Å².